The molecule has 0 aromatic carbocycles. The zero-order valence-corrected chi connectivity index (χ0v) is 15.8. The van der Waals surface area contributed by atoms with Crippen molar-refractivity contribution in [1.29, 1.82) is 0 Å². The normalized spacial score (nSPS) is 26.2. The van der Waals surface area contributed by atoms with Crippen LogP contribution in [0.2, 0.25) is 0 Å². The molecule has 0 unspecified atom stereocenters. The number of nitrogens with one attached hydrogen (secondary N) is 1. The van der Waals surface area contributed by atoms with Crippen LogP contribution in [0.5, 0.6) is 0 Å². The Bertz CT molecular complexity index is 611. The van der Waals surface area contributed by atoms with Crippen molar-refractivity contribution in [3.05, 3.63) is 23.9 Å². The molecule has 1 aliphatic heterocycles. The number of hydrogen-bond acceptors (Lipinski definition) is 5. The van der Waals surface area contributed by atoms with Gasteiger partial charge in [-0.05, 0) is 32.5 Å². The average Bonchev–Trinajstić information content (AvgIpc) is 2.61. The van der Waals surface area contributed by atoms with E-state index in [1.165, 1.54) is 0 Å². The second-order valence-electron chi connectivity index (χ2n) is 7.72. The zero-order valence-electron chi connectivity index (χ0n) is 15.8. The standard InChI is InChI=1S/C19H30N4O2/c1-5-25-16-13-15(19(16,2)3)21-18(24)14-6-7-20-17(12-14)23-10-8-22(4)9-11-23/h6-7,12,15-16H,5,8-11,13H2,1-4H3,(H,21,24)/t15-,16-/m1/s1. The molecule has 6 nitrogen and oxygen atoms in total. The first-order valence-corrected chi connectivity index (χ1v) is 9.24. The molecule has 1 amide bonds. The summed E-state index contributed by atoms with van der Waals surface area (Å²) in [4.78, 5) is 21.7. The minimum Gasteiger partial charge on any atom is -0.378 e. The molecular weight excluding hydrogens is 316 g/mol. The predicted molar refractivity (Wildman–Crippen MR) is 99.0 cm³/mol. The fourth-order valence-corrected chi connectivity index (χ4v) is 3.62. The van der Waals surface area contributed by atoms with Gasteiger partial charge in [-0.1, -0.05) is 13.8 Å². The molecule has 1 aromatic rings. The molecule has 3 rings (SSSR count). The summed E-state index contributed by atoms with van der Waals surface area (Å²) in [6, 6.07) is 3.85. The van der Waals surface area contributed by atoms with E-state index in [-0.39, 0.29) is 23.5 Å². The summed E-state index contributed by atoms with van der Waals surface area (Å²) in [7, 11) is 2.13. The van der Waals surface area contributed by atoms with Crippen molar-refractivity contribution in [3.8, 4) is 0 Å². The first-order valence-electron chi connectivity index (χ1n) is 9.24. The van der Waals surface area contributed by atoms with Crippen molar-refractivity contribution in [2.24, 2.45) is 5.41 Å². The molecule has 2 heterocycles. The highest BCUT2D eigenvalue weighted by atomic mass is 16.5. The summed E-state index contributed by atoms with van der Waals surface area (Å²) in [6.45, 7) is 11.0. The van der Waals surface area contributed by atoms with Crippen LogP contribution in [0.25, 0.3) is 0 Å². The lowest BCUT2D eigenvalue weighted by Crippen LogP contribution is -2.62. The molecule has 0 radical (unpaired) electrons. The Kier molecular flexibility index (Phi) is 5.29. The second-order valence-corrected chi connectivity index (χ2v) is 7.72. The predicted octanol–water partition coefficient (Wildman–Crippen LogP) is 1.77. The van der Waals surface area contributed by atoms with Gasteiger partial charge in [0.15, 0.2) is 0 Å². The van der Waals surface area contributed by atoms with E-state index in [0.29, 0.717) is 12.2 Å². The maximum atomic E-state index is 12.7. The number of pyridine rings is 1. The molecule has 138 valence electrons. The highest BCUT2D eigenvalue weighted by Crippen LogP contribution is 2.42. The molecule has 1 N–H and O–H groups in total. The molecule has 6 heteroatoms. The van der Waals surface area contributed by atoms with Crippen molar-refractivity contribution in [1.82, 2.24) is 15.2 Å². The number of ether oxygens (including phenoxy) is 1. The van der Waals surface area contributed by atoms with Gasteiger partial charge in [0.25, 0.3) is 5.91 Å². The number of hydrogen-bond donors (Lipinski definition) is 1. The number of amides is 1. The Hall–Kier alpha value is -1.66. The quantitative estimate of drug-likeness (QED) is 0.880. The number of carbonyl (C=O) groups is 1. The molecule has 2 fully saturated rings. The van der Waals surface area contributed by atoms with Crippen molar-refractivity contribution >= 4 is 11.7 Å². The lowest BCUT2D eigenvalue weighted by atomic mass is 9.64. The van der Waals surface area contributed by atoms with Crippen molar-refractivity contribution in [3.63, 3.8) is 0 Å². The van der Waals surface area contributed by atoms with E-state index in [4.69, 9.17) is 4.74 Å². The van der Waals surface area contributed by atoms with Gasteiger partial charge < -0.3 is 19.9 Å². The number of aromatic nitrogens is 1. The van der Waals surface area contributed by atoms with Gasteiger partial charge in [-0.3, -0.25) is 4.79 Å². The number of rotatable bonds is 5. The molecule has 0 bridgehead atoms. The smallest absolute Gasteiger partial charge is 0.251 e. The molecule has 2 aliphatic rings. The molecule has 1 saturated carbocycles. The summed E-state index contributed by atoms with van der Waals surface area (Å²) in [5.74, 6) is 0.867. The Balaban J connectivity index is 1.62. The average molecular weight is 346 g/mol. The van der Waals surface area contributed by atoms with Crippen LogP contribution in [0, 0.1) is 5.41 Å². The van der Waals surface area contributed by atoms with Crippen LogP contribution in [-0.4, -0.2) is 67.8 Å². The van der Waals surface area contributed by atoms with Gasteiger partial charge in [0.05, 0.1) is 6.10 Å². The summed E-state index contributed by atoms with van der Waals surface area (Å²) in [5.41, 5.74) is 0.651. The SMILES string of the molecule is CCO[C@@H]1C[C@@H](NC(=O)c2ccnc(N3CCN(C)CC3)c2)C1(C)C. The monoisotopic (exact) mass is 346 g/mol. The van der Waals surface area contributed by atoms with Crippen LogP contribution in [0.1, 0.15) is 37.6 Å². The van der Waals surface area contributed by atoms with Gasteiger partial charge in [0.1, 0.15) is 5.82 Å². The Morgan fingerprint density at radius 2 is 2.08 bits per heavy atom. The molecule has 2 atom stereocenters. The number of anilines is 1. The van der Waals surface area contributed by atoms with Crippen LogP contribution in [-0.2, 0) is 4.74 Å². The molecule has 1 aromatic heterocycles. The minimum absolute atomic E-state index is 0.0224. The fourth-order valence-electron chi connectivity index (χ4n) is 3.62. The summed E-state index contributed by atoms with van der Waals surface area (Å²) < 4.78 is 5.75. The van der Waals surface area contributed by atoms with E-state index < -0.39 is 0 Å². The number of nitrogens with zero attached hydrogens (tertiary/aromatic N) is 3. The molecule has 1 saturated heterocycles. The number of carbonyl (C=O) groups excluding carboxylic acids is 1. The maximum Gasteiger partial charge on any atom is 0.251 e. The lowest BCUT2D eigenvalue weighted by molar-refractivity contribution is -0.111. The fraction of sp³-hybridized carbons (Fsp3) is 0.684. The van der Waals surface area contributed by atoms with Crippen molar-refractivity contribution in [2.75, 3.05) is 44.7 Å². The third-order valence-corrected chi connectivity index (χ3v) is 5.69. The highest BCUT2D eigenvalue weighted by Gasteiger charge is 2.49. The van der Waals surface area contributed by atoms with E-state index in [1.807, 2.05) is 13.0 Å². The largest absolute Gasteiger partial charge is 0.378 e. The van der Waals surface area contributed by atoms with Gasteiger partial charge in [0, 0.05) is 56.0 Å². The van der Waals surface area contributed by atoms with Crippen molar-refractivity contribution < 1.29 is 9.53 Å². The van der Waals surface area contributed by atoms with E-state index in [2.05, 4.69) is 41.0 Å². The molecule has 25 heavy (non-hydrogen) atoms. The van der Waals surface area contributed by atoms with Crippen LogP contribution >= 0.6 is 0 Å². The summed E-state index contributed by atoms with van der Waals surface area (Å²) >= 11 is 0. The highest BCUT2D eigenvalue weighted by molar-refractivity contribution is 5.95. The third-order valence-electron chi connectivity index (χ3n) is 5.69. The van der Waals surface area contributed by atoms with Gasteiger partial charge in [0.2, 0.25) is 0 Å². The van der Waals surface area contributed by atoms with E-state index in [0.717, 1.165) is 38.4 Å². The first-order chi connectivity index (χ1) is 11.9. The van der Waals surface area contributed by atoms with Gasteiger partial charge in [-0.2, -0.15) is 0 Å². The summed E-state index contributed by atoms with van der Waals surface area (Å²) in [5, 5.41) is 3.18. The van der Waals surface area contributed by atoms with Crippen LogP contribution < -0.4 is 10.2 Å². The maximum absolute atomic E-state index is 12.7. The first kappa shape index (κ1) is 18.1. The Labute approximate surface area is 150 Å². The summed E-state index contributed by atoms with van der Waals surface area (Å²) in [6.07, 6.45) is 2.83. The molecular formula is C19H30N4O2. The number of likely N-dealkylation sites (N-methyl/N-ethyl adjacent to an activating group) is 1. The van der Waals surface area contributed by atoms with Gasteiger partial charge in [-0.15, -0.1) is 0 Å². The number of piperazine rings is 1. The lowest BCUT2D eigenvalue weighted by Gasteiger charge is -2.51. The van der Waals surface area contributed by atoms with Gasteiger partial charge >= 0.3 is 0 Å². The van der Waals surface area contributed by atoms with Gasteiger partial charge in [-0.25, -0.2) is 4.98 Å². The van der Waals surface area contributed by atoms with Crippen LogP contribution in [0.3, 0.4) is 0 Å². The van der Waals surface area contributed by atoms with E-state index in [1.54, 1.807) is 12.3 Å². The Morgan fingerprint density at radius 3 is 2.72 bits per heavy atom. The van der Waals surface area contributed by atoms with Crippen LogP contribution in [0.15, 0.2) is 18.3 Å². The van der Waals surface area contributed by atoms with Crippen molar-refractivity contribution in [2.45, 2.75) is 39.3 Å². The van der Waals surface area contributed by atoms with E-state index in [9.17, 15) is 4.79 Å². The molecule has 0 spiro atoms. The topological polar surface area (TPSA) is 57.7 Å². The van der Waals surface area contributed by atoms with Crippen LogP contribution in [0.4, 0.5) is 5.82 Å². The minimum atomic E-state index is -0.0288. The Morgan fingerprint density at radius 1 is 1.36 bits per heavy atom. The second kappa shape index (κ2) is 7.30. The van der Waals surface area contributed by atoms with E-state index >= 15 is 0 Å². The zero-order chi connectivity index (χ0) is 18.0. The molecule has 1 aliphatic carbocycles. The third kappa shape index (κ3) is 3.80.